The van der Waals surface area contributed by atoms with Crippen molar-refractivity contribution in [3.8, 4) is 0 Å². The highest BCUT2D eigenvalue weighted by Gasteiger charge is 2.42. The highest BCUT2D eigenvalue weighted by molar-refractivity contribution is 6.06. The minimum absolute atomic E-state index is 0.0316. The Bertz CT molecular complexity index is 1320. The van der Waals surface area contributed by atoms with Crippen LogP contribution in [0.25, 0.3) is 0 Å². The summed E-state index contributed by atoms with van der Waals surface area (Å²) >= 11 is 0. The number of hydrogen-bond acceptors (Lipinski definition) is 7. The van der Waals surface area contributed by atoms with Gasteiger partial charge in [-0.25, -0.2) is 15.0 Å². The Morgan fingerprint density at radius 2 is 1.77 bits per heavy atom. The van der Waals surface area contributed by atoms with Crippen molar-refractivity contribution in [1.29, 1.82) is 0 Å². The minimum atomic E-state index is -1.21. The van der Waals surface area contributed by atoms with E-state index in [1.165, 1.54) is 4.90 Å². The smallest absolute Gasteiger partial charge is 0.408 e. The normalized spacial score (nSPS) is 18.7. The highest BCUT2D eigenvalue weighted by atomic mass is 16.5. The number of ether oxygens (including phenoxy) is 1. The molecule has 0 fully saturated rings. The molecule has 1 unspecified atom stereocenters. The molecule has 40 heavy (non-hydrogen) atoms. The van der Waals surface area contributed by atoms with Crippen LogP contribution in [-0.4, -0.2) is 59.4 Å². The van der Waals surface area contributed by atoms with Crippen LogP contribution in [0.5, 0.6) is 0 Å². The van der Waals surface area contributed by atoms with Gasteiger partial charge in [0.2, 0.25) is 11.8 Å². The van der Waals surface area contributed by atoms with Crippen molar-refractivity contribution in [2.24, 2.45) is 10.8 Å². The first-order valence-electron chi connectivity index (χ1n) is 12.7. The van der Waals surface area contributed by atoms with Gasteiger partial charge in [0.1, 0.15) is 18.7 Å². The number of carbonyl (C=O) groups excluding carboxylic acids is 4. The number of aryl methyl sites for hydroxylation is 2. The SMILES string of the molecule is NC(=O)N/N=C/[C@@H](CC(=O)O)NC(=O)C1CCc2cccc3c2N1C(=O)[C@@H](NC(=O)OCc1ccccc1)CC3. The van der Waals surface area contributed by atoms with Gasteiger partial charge in [0, 0.05) is 6.21 Å². The van der Waals surface area contributed by atoms with Crippen molar-refractivity contribution in [2.45, 2.75) is 56.8 Å². The van der Waals surface area contributed by atoms with Gasteiger partial charge in [0.05, 0.1) is 18.2 Å². The molecule has 4 rings (SSSR count). The summed E-state index contributed by atoms with van der Waals surface area (Å²) in [5.41, 5.74) is 10.1. The topological polar surface area (TPSA) is 193 Å². The number of nitrogens with one attached hydrogen (secondary N) is 3. The summed E-state index contributed by atoms with van der Waals surface area (Å²) in [4.78, 5) is 63.6. The number of carbonyl (C=O) groups is 5. The lowest BCUT2D eigenvalue weighted by Crippen LogP contribution is -2.58. The predicted octanol–water partition coefficient (Wildman–Crippen LogP) is 1.19. The zero-order valence-corrected chi connectivity index (χ0v) is 21.5. The highest BCUT2D eigenvalue weighted by Crippen LogP contribution is 2.37. The molecule has 0 spiro atoms. The molecule has 3 atom stereocenters. The maximum Gasteiger partial charge on any atom is 0.408 e. The van der Waals surface area contributed by atoms with Crippen LogP contribution in [0, 0.1) is 0 Å². The molecule has 0 saturated carbocycles. The van der Waals surface area contributed by atoms with Gasteiger partial charge in [-0.15, -0.1) is 0 Å². The zero-order chi connectivity index (χ0) is 28.6. The van der Waals surface area contributed by atoms with Gasteiger partial charge in [0.15, 0.2) is 0 Å². The fraction of sp³-hybridized carbons (Fsp3) is 0.333. The van der Waals surface area contributed by atoms with Crippen LogP contribution in [-0.2, 0) is 38.6 Å². The number of urea groups is 1. The minimum Gasteiger partial charge on any atom is -0.481 e. The Balaban J connectivity index is 1.53. The molecule has 0 saturated heterocycles. The van der Waals surface area contributed by atoms with Crippen molar-refractivity contribution < 1.29 is 33.8 Å². The van der Waals surface area contributed by atoms with Gasteiger partial charge in [-0.05, 0) is 42.4 Å². The van der Waals surface area contributed by atoms with Gasteiger partial charge in [-0.1, -0.05) is 48.5 Å². The van der Waals surface area contributed by atoms with Crippen molar-refractivity contribution >= 4 is 41.8 Å². The average Bonchev–Trinajstić information content (AvgIpc) is 3.06. The van der Waals surface area contributed by atoms with Gasteiger partial charge in [0.25, 0.3) is 0 Å². The fourth-order valence-corrected chi connectivity index (χ4v) is 4.88. The molecule has 2 aromatic rings. The van der Waals surface area contributed by atoms with Gasteiger partial charge in [-0.2, -0.15) is 5.10 Å². The molecule has 2 aromatic carbocycles. The Hall–Kier alpha value is -4.94. The molecular weight excluding hydrogens is 520 g/mol. The lowest BCUT2D eigenvalue weighted by molar-refractivity contribution is -0.137. The third-order valence-electron chi connectivity index (χ3n) is 6.64. The molecule has 0 radical (unpaired) electrons. The molecule has 6 N–H and O–H groups in total. The fourth-order valence-electron chi connectivity index (χ4n) is 4.88. The molecule has 2 aliphatic rings. The molecule has 5 amide bonds. The molecule has 0 aliphatic carbocycles. The quantitative estimate of drug-likeness (QED) is 0.229. The second-order valence-electron chi connectivity index (χ2n) is 9.45. The van der Waals surface area contributed by atoms with Gasteiger partial charge < -0.3 is 26.2 Å². The van der Waals surface area contributed by atoms with E-state index in [0.29, 0.717) is 24.9 Å². The second-order valence-corrected chi connectivity index (χ2v) is 9.45. The van der Waals surface area contributed by atoms with Crippen LogP contribution in [0.15, 0.2) is 53.6 Å². The number of carboxylic acid groups (broad SMARTS) is 1. The van der Waals surface area contributed by atoms with E-state index >= 15 is 0 Å². The van der Waals surface area contributed by atoms with Crippen LogP contribution < -0.4 is 26.7 Å². The average molecular weight is 551 g/mol. The van der Waals surface area contributed by atoms with Crippen LogP contribution in [0.4, 0.5) is 15.3 Å². The number of para-hydroxylation sites is 1. The summed E-state index contributed by atoms with van der Waals surface area (Å²) in [5, 5.41) is 18.1. The first-order valence-corrected chi connectivity index (χ1v) is 12.7. The van der Waals surface area contributed by atoms with Crippen LogP contribution in [0.2, 0.25) is 0 Å². The molecule has 0 aromatic heterocycles. The number of benzene rings is 2. The number of rotatable bonds is 9. The van der Waals surface area contributed by atoms with E-state index in [2.05, 4.69) is 15.7 Å². The monoisotopic (exact) mass is 550 g/mol. The van der Waals surface area contributed by atoms with E-state index in [0.717, 1.165) is 22.9 Å². The Labute approximate surface area is 229 Å². The first kappa shape index (κ1) is 28.1. The van der Waals surface area contributed by atoms with Crippen LogP contribution >= 0.6 is 0 Å². The van der Waals surface area contributed by atoms with Crippen LogP contribution in [0.3, 0.4) is 0 Å². The predicted molar refractivity (Wildman–Crippen MR) is 143 cm³/mol. The van der Waals surface area contributed by atoms with Gasteiger partial charge in [-0.3, -0.25) is 19.3 Å². The first-order chi connectivity index (χ1) is 19.2. The maximum atomic E-state index is 13.9. The number of amides is 5. The Morgan fingerprint density at radius 3 is 2.45 bits per heavy atom. The zero-order valence-electron chi connectivity index (χ0n) is 21.5. The van der Waals surface area contributed by atoms with E-state index in [4.69, 9.17) is 10.5 Å². The molecular formula is C27H30N6O7. The van der Waals surface area contributed by atoms with E-state index in [9.17, 15) is 29.1 Å². The summed E-state index contributed by atoms with van der Waals surface area (Å²) in [7, 11) is 0. The summed E-state index contributed by atoms with van der Waals surface area (Å²) in [6.07, 6.45) is 1.35. The third-order valence-corrected chi connectivity index (χ3v) is 6.64. The molecule has 2 aliphatic heterocycles. The number of alkyl carbamates (subject to hydrolysis) is 1. The van der Waals surface area contributed by atoms with Crippen molar-refractivity contribution in [2.75, 3.05) is 4.90 Å². The molecule has 0 bridgehead atoms. The summed E-state index contributed by atoms with van der Waals surface area (Å²) in [6.45, 7) is 0.0316. The molecule has 13 heteroatoms. The Kier molecular flexibility index (Phi) is 8.94. The van der Waals surface area contributed by atoms with E-state index < -0.39 is 54.5 Å². The van der Waals surface area contributed by atoms with E-state index in [1.807, 2.05) is 54.0 Å². The molecule has 13 nitrogen and oxygen atoms in total. The van der Waals surface area contributed by atoms with Crippen molar-refractivity contribution in [1.82, 2.24) is 16.1 Å². The number of hydrogen-bond donors (Lipinski definition) is 5. The molecule has 210 valence electrons. The summed E-state index contributed by atoms with van der Waals surface area (Å²) in [6, 6.07) is 10.8. The third kappa shape index (κ3) is 6.92. The van der Waals surface area contributed by atoms with Crippen LogP contribution in [0.1, 0.15) is 36.0 Å². The number of carboxylic acids is 1. The summed E-state index contributed by atoms with van der Waals surface area (Å²) in [5.74, 6) is -2.28. The molecule has 2 heterocycles. The standard InChI is InChI=1S/C27H30N6O7/c28-26(38)32-29-14-19(13-22(34)35)30-24(36)21-12-10-18-8-4-7-17-9-11-20(25(37)33(21)23(17)18)31-27(39)40-15-16-5-2-1-3-6-16/h1-8,14,19-21H,9-13,15H2,(H,30,36)(H,31,39)(H,34,35)(H3,28,32,38)/b29-14+/t19-,20+,21?/m1/s1. The maximum absolute atomic E-state index is 13.9. The number of nitrogens with zero attached hydrogens (tertiary/aromatic N) is 2. The van der Waals surface area contributed by atoms with Crippen molar-refractivity contribution in [3.05, 3.63) is 65.2 Å². The second kappa shape index (κ2) is 12.7. The van der Waals surface area contributed by atoms with E-state index in [-0.39, 0.29) is 13.0 Å². The Morgan fingerprint density at radius 1 is 1.07 bits per heavy atom. The number of anilines is 1. The lowest BCUT2D eigenvalue weighted by Gasteiger charge is -2.38. The lowest BCUT2D eigenvalue weighted by atomic mass is 9.92. The number of hydrazone groups is 1. The van der Waals surface area contributed by atoms with E-state index in [1.54, 1.807) is 0 Å². The van der Waals surface area contributed by atoms with Gasteiger partial charge >= 0.3 is 18.1 Å². The number of aliphatic carboxylic acids is 1. The number of nitrogens with two attached hydrogens (primary N) is 1. The number of primary amides is 1. The van der Waals surface area contributed by atoms with Crippen molar-refractivity contribution in [3.63, 3.8) is 0 Å². The largest absolute Gasteiger partial charge is 0.481 e. The summed E-state index contributed by atoms with van der Waals surface area (Å²) < 4.78 is 5.31.